The van der Waals surface area contributed by atoms with Crippen molar-refractivity contribution < 1.29 is 14.0 Å². The van der Waals surface area contributed by atoms with E-state index in [0.29, 0.717) is 16.5 Å². The van der Waals surface area contributed by atoms with E-state index in [4.69, 9.17) is 21.8 Å². The molecule has 0 aliphatic carbocycles. The van der Waals surface area contributed by atoms with E-state index in [-0.39, 0.29) is 5.22 Å². The molecule has 7 nitrogen and oxygen atoms in total. The van der Waals surface area contributed by atoms with Crippen molar-refractivity contribution in [1.29, 1.82) is 0 Å². The van der Waals surface area contributed by atoms with Crippen LogP contribution in [-0.2, 0) is 4.79 Å². The molecule has 0 aliphatic rings. The van der Waals surface area contributed by atoms with Crippen molar-refractivity contribution in [2.45, 2.75) is 17.4 Å². The van der Waals surface area contributed by atoms with Crippen LogP contribution in [-0.4, -0.2) is 27.4 Å². The van der Waals surface area contributed by atoms with E-state index in [9.17, 15) is 9.59 Å². The number of thioether (sulfide) groups is 1. The average Bonchev–Trinajstić information content (AvgIpc) is 2.87. The predicted molar refractivity (Wildman–Crippen MR) is 77.8 cm³/mol. The maximum atomic E-state index is 11.5. The number of hydrogen-bond acceptors (Lipinski definition) is 6. The van der Waals surface area contributed by atoms with Gasteiger partial charge in [0.25, 0.3) is 5.22 Å². The van der Waals surface area contributed by atoms with Crippen LogP contribution in [0, 0.1) is 0 Å². The van der Waals surface area contributed by atoms with Gasteiger partial charge in [0.05, 0.1) is 5.25 Å². The molecule has 0 fully saturated rings. The van der Waals surface area contributed by atoms with Gasteiger partial charge in [0, 0.05) is 10.6 Å². The molecular weight excluding hydrogens is 316 g/mol. The number of benzene rings is 1. The highest BCUT2D eigenvalue weighted by atomic mass is 35.5. The molecule has 0 unspecified atom stereocenters. The molecule has 0 spiro atoms. The zero-order valence-corrected chi connectivity index (χ0v) is 12.4. The molecule has 2 aromatic rings. The minimum Gasteiger partial charge on any atom is -0.411 e. The van der Waals surface area contributed by atoms with Crippen molar-refractivity contribution >= 4 is 35.3 Å². The number of carbonyl (C=O) groups is 2. The molecule has 1 aromatic carbocycles. The second-order valence-corrected chi connectivity index (χ2v) is 5.72. The van der Waals surface area contributed by atoms with Crippen LogP contribution in [0.15, 0.2) is 33.9 Å². The van der Waals surface area contributed by atoms with E-state index in [2.05, 4.69) is 10.2 Å². The summed E-state index contributed by atoms with van der Waals surface area (Å²) >= 11 is 6.82. The van der Waals surface area contributed by atoms with Gasteiger partial charge in [-0.15, -0.1) is 10.2 Å². The summed E-state index contributed by atoms with van der Waals surface area (Å²) in [5.74, 6) is -0.213. The van der Waals surface area contributed by atoms with Gasteiger partial charge < -0.3 is 10.2 Å². The molecule has 0 radical (unpaired) electrons. The number of nitrogens with one attached hydrogen (secondary N) is 1. The highest BCUT2D eigenvalue weighted by Crippen LogP contribution is 2.26. The highest BCUT2D eigenvalue weighted by molar-refractivity contribution is 8.00. The lowest BCUT2D eigenvalue weighted by Crippen LogP contribution is -2.39. The van der Waals surface area contributed by atoms with E-state index in [1.165, 1.54) is 0 Å². The SMILES string of the molecule is C[C@H](Sc1nnc(-c2ccc(Cl)cc2)o1)C(=O)NC(N)=O. The normalized spacial score (nSPS) is 11.9. The summed E-state index contributed by atoms with van der Waals surface area (Å²) in [4.78, 5) is 22.1. The first-order chi connectivity index (χ1) is 9.95. The highest BCUT2D eigenvalue weighted by Gasteiger charge is 2.19. The number of primary amides is 1. The van der Waals surface area contributed by atoms with E-state index >= 15 is 0 Å². The molecule has 1 atom stereocenters. The van der Waals surface area contributed by atoms with Crippen molar-refractivity contribution in [3.05, 3.63) is 29.3 Å². The Labute approximate surface area is 129 Å². The van der Waals surface area contributed by atoms with Gasteiger partial charge in [-0.2, -0.15) is 0 Å². The lowest BCUT2D eigenvalue weighted by molar-refractivity contribution is -0.119. The van der Waals surface area contributed by atoms with Gasteiger partial charge in [-0.25, -0.2) is 4.79 Å². The van der Waals surface area contributed by atoms with Crippen LogP contribution in [0.3, 0.4) is 0 Å². The number of amides is 3. The lowest BCUT2D eigenvalue weighted by atomic mass is 10.2. The Hall–Kier alpha value is -2.06. The summed E-state index contributed by atoms with van der Waals surface area (Å²) in [6, 6.07) is 5.99. The predicted octanol–water partition coefficient (Wildman–Crippen LogP) is 2.07. The number of urea groups is 1. The minimum atomic E-state index is -0.903. The Bertz CT molecular complexity index is 659. The number of halogens is 1. The van der Waals surface area contributed by atoms with Gasteiger partial charge in [0.2, 0.25) is 11.8 Å². The van der Waals surface area contributed by atoms with Gasteiger partial charge in [-0.3, -0.25) is 10.1 Å². The van der Waals surface area contributed by atoms with Gasteiger partial charge >= 0.3 is 6.03 Å². The Morgan fingerprint density at radius 3 is 2.62 bits per heavy atom. The Morgan fingerprint density at radius 1 is 1.33 bits per heavy atom. The fourth-order valence-electron chi connectivity index (χ4n) is 1.39. The average molecular weight is 327 g/mol. The summed E-state index contributed by atoms with van der Waals surface area (Å²) in [5.41, 5.74) is 5.59. The first-order valence-electron chi connectivity index (χ1n) is 5.82. The first kappa shape index (κ1) is 15.3. The topological polar surface area (TPSA) is 111 Å². The monoisotopic (exact) mass is 326 g/mol. The van der Waals surface area contributed by atoms with Crippen molar-refractivity contribution in [3.63, 3.8) is 0 Å². The molecule has 0 saturated heterocycles. The van der Waals surface area contributed by atoms with Crippen molar-refractivity contribution in [2.24, 2.45) is 5.73 Å². The van der Waals surface area contributed by atoms with Gasteiger partial charge in [0.1, 0.15) is 0 Å². The molecule has 9 heteroatoms. The minimum absolute atomic E-state index is 0.215. The third-order valence-corrected chi connectivity index (χ3v) is 3.58. The smallest absolute Gasteiger partial charge is 0.318 e. The van der Waals surface area contributed by atoms with Crippen LogP contribution in [0.4, 0.5) is 4.79 Å². The second-order valence-electron chi connectivity index (χ2n) is 3.99. The standard InChI is InChI=1S/C12H11ClN4O3S/c1-6(9(18)15-11(14)19)21-12-17-16-10(20-12)7-2-4-8(13)5-3-7/h2-6H,1H3,(H3,14,15,18,19)/t6-/m0/s1. The van der Waals surface area contributed by atoms with Crippen LogP contribution >= 0.6 is 23.4 Å². The number of imide groups is 1. The molecule has 2 rings (SSSR count). The molecule has 1 aromatic heterocycles. The third kappa shape index (κ3) is 4.20. The second kappa shape index (κ2) is 6.59. The van der Waals surface area contributed by atoms with Gasteiger partial charge in [-0.05, 0) is 31.2 Å². The lowest BCUT2D eigenvalue weighted by Gasteiger charge is -2.06. The number of hydrogen-bond donors (Lipinski definition) is 2. The summed E-state index contributed by atoms with van der Waals surface area (Å²) < 4.78 is 5.44. The summed E-state index contributed by atoms with van der Waals surface area (Å²) in [5, 5.41) is 9.92. The number of nitrogens with two attached hydrogens (primary N) is 1. The fourth-order valence-corrected chi connectivity index (χ4v) is 2.20. The van der Waals surface area contributed by atoms with Crippen molar-refractivity contribution in [2.75, 3.05) is 0 Å². The van der Waals surface area contributed by atoms with Crippen molar-refractivity contribution in [1.82, 2.24) is 15.5 Å². The van der Waals surface area contributed by atoms with Crippen LogP contribution in [0.1, 0.15) is 6.92 Å². The molecule has 110 valence electrons. The Balaban J connectivity index is 2.04. The maximum Gasteiger partial charge on any atom is 0.318 e. The zero-order chi connectivity index (χ0) is 15.4. The number of nitrogens with zero attached hydrogens (tertiary/aromatic N) is 2. The van der Waals surface area contributed by atoms with Gasteiger partial charge in [-0.1, -0.05) is 23.4 Å². The molecule has 0 aliphatic heterocycles. The largest absolute Gasteiger partial charge is 0.411 e. The molecule has 21 heavy (non-hydrogen) atoms. The Kier molecular flexibility index (Phi) is 4.81. The molecule has 3 amide bonds. The van der Waals surface area contributed by atoms with E-state index in [0.717, 1.165) is 11.8 Å². The van der Waals surface area contributed by atoms with E-state index in [1.54, 1.807) is 31.2 Å². The van der Waals surface area contributed by atoms with Crippen LogP contribution < -0.4 is 11.1 Å². The third-order valence-electron chi connectivity index (χ3n) is 2.39. The van der Waals surface area contributed by atoms with Crippen LogP contribution in [0.25, 0.3) is 11.5 Å². The number of rotatable bonds is 4. The summed E-state index contributed by atoms with van der Waals surface area (Å²) in [6.45, 7) is 1.59. The summed E-state index contributed by atoms with van der Waals surface area (Å²) in [6.07, 6.45) is 0. The molecule has 3 N–H and O–H groups in total. The van der Waals surface area contributed by atoms with Crippen LogP contribution in [0.2, 0.25) is 5.02 Å². The number of carbonyl (C=O) groups excluding carboxylic acids is 2. The molecule has 0 bridgehead atoms. The molecular formula is C12H11ClN4O3S. The molecule has 1 heterocycles. The fraction of sp³-hybridized carbons (Fsp3) is 0.167. The van der Waals surface area contributed by atoms with E-state index in [1.807, 2.05) is 5.32 Å². The molecule has 0 saturated carbocycles. The Morgan fingerprint density at radius 2 is 2.00 bits per heavy atom. The number of aromatic nitrogens is 2. The van der Waals surface area contributed by atoms with Crippen molar-refractivity contribution in [3.8, 4) is 11.5 Å². The van der Waals surface area contributed by atoms with Gasteiger partial charge in [0.15, 0.2) is 0 Å². The zero-order valence-electron chi connectivity index (χ0n) is 10.9. The first-order valence-corrected chi connectivity index (χ1v) is 7.08. The van der Waals surface area contributed by atoms with E-state index < -0.39 is 17.2 Å². The quantitative estimate of drug-likeness (QED) is 0.832. The van der Waals surface area contributed by atoms with Crippen LogP contribution in [0.5, 0.6) is 0 Å². The summed E-state index contributed by atoms with van der Waals surface area (Å²) in [7, 11) is 0. The maximum absolute atomic E-state index is 11.5.